The molecule has 0 aromatic carbocycles. The van der Waals surface area contributed by atoms with Crippen LogP contribution in [0.2, 0.25) is 0 Å². The molecule has 0 aliphatic carbocycles. The van der Waals surface area contributed by atoms with Gasteiger partial charge in [0, 0.05) is 38.1 Å². The van der Waals surface area contributed by atoms with Crippen LogP contribution < -0.4 is 10.6 Å². The van der Waals surface area contributed by atoms with E-state index < -0.39 is 6.04 Å². The van der Waals surface area contributed by atoms with E-state index in [1.807, 2.05) is 10.6 Å². The summed E-state index contributed by atoms with van der Waals surface area (Å²) in [7, 11) is 0. The number of nitrogens with zero attached hydrogens (tertiary/aromatic N) is 6. The maximum atomic E-state index is 12.7. The maximum absolute atomic E-state index is 12.7. The lowest BCUT2D eigenvalue weighted by atomic mass is 10.2. The van der Waals surface area contributed by atoms with Crippen LogP contribution >= 0.6 is 11.3 Å². The van der Waals surface area contributed by atoms with Gasteiger partial charge in [-0.15, -0.1) is 0 Å². The first kappa shape index (κ1) is 24.9. The second kappa shape index (κ2) is 11.5. The third-order valence-corrected chi connectivity index (χ3v) is 6.47. The van der Waals surface area contributed by atoms with Crippen molar-refractivity contribution >= 4 is 57.4 Å². The van der Waals surface area contributed by atoms with Gasteiger partial charge in [-0.1, -0.05) is 24.5 Å². The van der Waals surface area contributed by atoms with Crippen molar-refractivity contribution in [3.05, 3.63) is 61.2 Å². The molecule has 186 valence electrons. The highest BCUT2D eigenvalue weighted by Gasteiger charge is 2.31. The summed E-state index contributed by atoms with van der Waals surface area (Å²) in [5.74, 6) is 0.0627. The van der Waals surface area contributed by atoms with Gasteiger partial charge < -0.3 is 24.8 Å². The Balaban J connectivity index is 1.39. The van der Waals surface area contributed by atoms with Gasteiger partial charge in [-0.2, -0.15) is 0 Å². The van der Waals surface area contributed by atoms with Crippen LogP contribution in [0.1, 0.15) is 4.88 Å². The van der Waals surface area contributed by atoms with E-state index in [-0.39, 0.29) is 18.4 Å². The first-order valence-electron chi connectivity index (χ1n) is 11.1. The van der Waals surface area contributed by atoms with E-state index in [2.05, 4.69) is 50.5 Å². The number of aliphatic imine (C=N–C) groups is 1. The van der Waals surface area contributed by atoms with Crippen LogP contribution in [0.3, 0.4) is 0 Å². The first-order chi connectivity index (χ1) is 17.5. The number of anilines is 2. The number of amides is 2. The van der Waals surface area contributed by atoms with Crippen LogP contribution in [0.5, 0.6) is 0 Å². The second-order valence-electron chi connectivity index (χ2n) is 7.79. The predicted molar refractivity (Wildman–Crippen MR) is 140 cm³/mol. The number of pyridine rings is 1. The molecule has 12 heteroatoms. The molecule has 0 radical (unpaired) electrons. The smallest absolute Gasteiger partial charge is 0.246 e. The molecule has 1 aliphatic heterocycles. The summed E-state index contributed by atoms with van der Waals surface area (Å²) in [4.78, 5) is 44.0. The Morgan fingerprint density at radius 2 is 2.17 bits per heavy atom. The number of imidazole rings is 1. The third-order valence-electron chi connectivity index (χ3n) is 5.49. The minimum Gasteiger partial charge on any atom is -0.377 e. The van der Waals surface area contributed by atoms with Gasteiger partial charge in [0.1, 0.15) is 17.4 Å². The van der Waals surface area contributed by atoms with Crippen molar-refractivity contribution in [3.63, 3.8) is 0 Å². The van der Waals surface area contributed by atoms with Gasteiger partial charge >= 0.3 is 0 Å². The van der Waals surface area contributed by atoms with Gasteiger partial charge in [0.05, 0.1) is 36.1 Å². The zero-order valence-electron chi connectivity index (χ0n) is 19.6. The quantitative estimate of drug-likeness (QED) is 0.246. The standard InChI is InChI=1S/C24H26N8O3S/c1-4-22(33)32-9-10-35-14-19(32)23(34)26-7-8-31-15-29-17-12-27-21(11-18(17)31)30-24-28-13-20(36-24)16(2)5-6-25-3/h4-6,11-13,15,19H,1-3,7-10,14H2,(H,26,34)(H,27,28,30)/b6-5-/t19-/m0/s1. The fourth-order valence-electron chi connectivity index (χ4n) is 3.64. The minimum absolute atomic E-state index is 0.160. The molecule has 2 amide bonds. The number of carbonyl (C=O) groups is 2. The zero-order chi connectivity index (χ0) is 25.5. The van der Waals surface area contributed by atoms with Crippen LogP contribution in [-0.4, -0.2) is 75.3 Å². The molecule has 0 spiro atoms. The van der Waals surface area contributed by atoms with E-state index in [0.717, 1.165) is 21.5 Å². The number of thiazole rings is 1. The fourth-order valence-corrected chi connectivity index (χ4v) is 4.42. The molecule has 0 bridgehead atoms. The molecule has 1 saturated heterocycles. The van der Waals surface area contributed by atoms with E-state index in [9.17, 15) is 9.59 Å². The molecule has 0 unspecified atom stereocenters. The van der Waals surface area contributed by atoms with Crippen LogP contribution in [0.25, 0.3) is 16.6 Å². The van der Waals surface area contributed by atoms with Gasteiger partial charge in [0.2, 0.25) is 11.8 Å². The monoisotopic (exact) mass is 506 g/mol. The summed E-state index contributed by atoms with van der Waals surface area (Å²) in [6.07, 6.45) is 9.66. The molecule has 2 N–H and O–H groups in total. The Morgan fingerprint density at radius 3 is 2.97 bits per heavy atom. The normalized spacial score (nSPS) is 15.7. The molecule has 11 nitrogen and oxygen atoms in total. The third kappa shape index (κ3) is 5.73. The molecule has 3 aromatic heterocycles. The van der Waals surface area contributed by atoms with E-state index in [0.29, 0.717) is 37.2 Å². The van der Waals surface area contributed by atoms with Crippen molar-refractivity contribution in [2.75, 3.05) is 31.6 Å². The Morgan fingerprint density at radius 1 is 1.31 bits per heavy atom. The topological polar surface area (TPSA) is 127 Å². The van der Waals surface area contributed by atoms with E-state index in [1.165, 1.54) is 22.3 Å². The van der Waals surface area contributed by atoms with Crippen LogP contribution in [0, 0.1) is 0 Å². The van der Waals surface area contributed by atoms with E-state index in [4.69, 9.17) is 4.74 Å². The van der Waals surface area contributed by atoms with Gasteiger partial charge in [-0.3, -0.25) is 14.6 Å². The summed E-state index contributed by atoms with van der Waals surface area (Å²) in [6.45, 7) is 12.7. The largest absolute Gasteiger partial charge is 0.377 e. The van der Waals surface area contributed by atoms with Crippen molar-refractivity contribution in [1.29, 1.82) is 0 Å². The van der Waals surface area contributed by atoms with Crippen LogP contribution in [0.15, 0.2) is 61.3 Å². The molecule has 1 aliphatic rings. The highest BCUT2D eigenvalue weighted by Crippen LogP contribution is 2.27. The first-order valence-corrected chi connectivity index (χ1v) is 12.0. The Kier molecular flexibility index (Phi) is 7.98. The Bertz CT molecular complexity index is 1330. The number of hydrogen-bond donors (Lipinski definition) is 2. The summed E-state index contributed by atoms with van der Waals surface area (Å²) >= 11 is 1.44. The Hall–Kier alpha value is -4.16. The highest BCUT2D eigenvalue weighted by atomic mass is 32.1. The lowest BCUT2D eigenvalue weighted by molar-refractivity contribution is -0.145. The summed E-state index contributed by atoms with van der Waals surface area (Å²) < 4.78 is 7.32. The Labute approximate surface area is 211 Å². The van der Waals surface area contributed by atoms with Gasteiger partial charge in [0.15, 0.2) is 5.13 Å². The van der Waals surface area contributed by atoms with Crippen molar-refractivity contribution in [2.24, 2.45) is 4.99 Å². The highest BCUT2D eigenvalue weighted by molar-refractivity contribution is 7.16. The molecular formula is C24H26N8O3S. The summed E-state index contributed by atoms with van der Waals surface area (Å²) in [5, 5.41) is 6.77. The second-order valence-corrected chi connectivity index (χ2v) is 8.82. The van der Waals surface area contributed by atoms with E-state index >= 15 is 0 Å². The zero-order valence-corrected chi connectivity index (χ0v) is 20.4. The van der Waals surface area contributed by atoms with Crippen LogP contribution in [0.4, 0.5) is 10.9 Å². The van der Waals surface area contributed by atoms with E-state index in [1.54, 1.807) is 31.0 Å². The predicted octanol–water partition coefficient (Wildman–Crippen LogP) is 2.39. The van der Waals surface area contributed by atoms with Crippen molar-refractivity contribution in [3.8, 4) is 0 Å². The van der Waals surface area contributed by atoms with Crippen LogP contribution in [-0.2, 0) is 20.9 Å². The molecule has 36 heavy (non-hydrogen) atoms. The molecule has 3 aromatic rings. The molecule has 4 heterocycles. The van der Waals surface area contributed by atoms with Crippen molar-refractivity contribution in [2.45, 2.75) is 12.6 Å². The summed E-state index contributed by atoms with van der Waals surface area (Å²) in [5.41, 5.74) is 2.37. The lowest BCUT2D eigenvalue weighted by Crippen LogP contribution is -2.55. The number of ether oxygens (including phenoxy) is 1. The van der Waals surface area contributed by atoms with Crippen molar-refractivity contribution in [1.82, 2.24) is 29.7 Å². The fraction of sp³-hybridized carbons (Fsp3) is 0.250. The van der Waals surface area contributed by atoms with Gasteiger partial charge in [0.25, 0.3) is 0 Å². The maximum Gasteiger partial charge on any atom is 0.246 e. The lowest BCUT2D eigenvalue weighted by Gasteiger charge is -2.33. The van der Waals surface area contributed by atoms with Crippen molar-refractivity contribution < 1.29 is 14.3 Å². The number of fused-ring (bicyclic) bond motifs is 1. The SMILES string of the molecule is C=CC(=O)N1CCOC[C@H]1C(=O)NCCn1cnc2cnc(Nc3ncc(C(=C)/C=C\N=C)s3)cc21. The number of nitrogens with one attached hydrogen (secondary N) is 2. The molecular weight excluding hydrogens is 480 g/mol. The average Bonchev–Trinajstić information content (AvgIpc) is 3.54. The number of carbonyl (C=O) groups excluding carboxylic acids is 2. The number of allylic oxidation sites excluding steroid dienone is 2. The molecule has 0 saturated carbocycles. The number of hydrogen-bond acceptors (Lipinski definition) is 9. The molecule has 1 fully saturated rings. The minimum atomic E-state index is -0.674. The number of morpholine rings is 1. The van der Waals surface area contributed by atoms with Gasteiger partial charge in [-0.05, 0) is 24.4 Å². The molecule has 1 atom stereocenters. The average molecular weight is 507 g/mol. The molecule has 4 rings (SSSR count). The number of rotatable bonds is 10. The number of aromatic nitrogens is 4. The summed E-state index contributed by atoms with van der Waals surface area (Å²) in [6, 6.07) is 1.20. The van der Waals surface area contributed by atoms with Gasteiger partial charge in [-0.25, -0.2) is 15.0 Å².